The Bertz CT molecular complexity index is 1230. The number of nitrogens with zero attached hydrogens (tertiary/aromatic N) is 3. The number of carbonyl (C=O) groups is 3. The van der Waals surface area contributed by atoms with Crippen LogP contribution in [0.4, 0.5) is 11.4 Å². The fraction of sp³-hybridized carbons (Fsp3) is 0.345. The van der Waals surface area contributed by atoms with Crippen LogP contribution in [0, 0.1) is 6.92 Å². The molecule has 1 aliphatic heterocycles. The van der Waals surface area contributed by atoms with Gasteiger partial charge < -0.3 is 24.4 Å². The normalized spacial score (nSPS) is 13.7. The van der Waals surface area contributed by atoms with Gasteiger partial charge in [0.15, 0.2) is 5.76 Å². The van der Waals surface area contributed by atoms with Crippen LogP contribution < -0.4 is 10.2 Å². The third-order valence-corrected chi connectivity index (χ3v) is 6.70. The van der Waals surface area contributed by atoms with Crippen LogP contribution in [0.3, 0.4) is 0 Å². The van der Waals surface area contributed by atoms with Crippen LogP contribution in [0.15, 0.2) is 65.3 Å². The van der Waals surface area contributed by atoms with E-state index in [2.05, 4.69) is 10.2 Å². The predicted octanol–water partition coefficient (Wildman–Crippen LogP) is 4.67. The van der Waals surface area contributed by atoms with E-state index in [0.717, 1.165) is 17.7 Å². The molecule has 1 N–H and O–H groups in total. The maximum absolute atomic E-state index is 13.5. The highest BCUT2D eigenvalue weighted by atomic mass is 16.3. The topological polar surface area (TPSA) is 86.1 Å². The highest BCUT2D eigenvalue weighted by Gasteiger charge is 2.25. The molecule has 1 fully saturated rings. The molecule has 0 radical (unpaired) electrons. The molecule has 0 unspecified atom stereocenters. The molecule has 1 aliphatic rings. The lowest BCUT2D eigenvalue weighted by Crippen LogP contribution is -2.36. The molecule has 1 aromatic heterocycles. The van der Waals surface area contributed by atoms with E-state index >= 15 is 0 Å². The highest BCUT2D eigenvalue weighted by Crippen LogP contribution is 2.28. The van der Waals surface area contributed by atoms with Crippen LogP contribution in [0.1, 0.15) is 57.1 Å². The number of amides is 3. The minimum absolute atomic E-state index is 0.0253. The van der Waals surface area contributed by atoms with E-state index in [1.54, 1.807) is 29.2 Å². The van der Waals surface area contributed by atoms with Crippen molar-refractivity contribution < 1.29 is 18.8 Å². The summed E-state index contributed by atoms with van der Waals surface area (Å²) in [6.07, 6.45) is 2.23. The first-order valence-corrected chi connectivity index (χ1v) is 12.8. The van der Waals surface area contributed by atoms with Crippen LogP contribution in [0.2, 0.25) is 0 Å². The average molecular weight is 503 g/mol. The molecule has 0 aliphatic carbocycles. The second-order valence-electron chi connectivity index (χ2n) is 9.14. The van der Waals surface area contributed by atoms with E-state index in [1.165, 1.54) is 6.26 Å². The van der Waals surface area contributed by atoms with Crippen LogP contribution in [0.25, 0.3) is 0 Å². The molecule has 0 atom stereocenters. The number of hydrogen-bond donors (Lipinski definition) is 1. The molecule has 3 aromatic rings. The molecule has 8 heteroatoms. The zero-order valence-electron chi connectivity index (χ0n) is 21.7. The Hall–Kier alpha value is -4.07. The maximum atomic E-state index is 13.5. The molecule has 1 saturated heterocycles. The van der Waals surface area contributed by atoms with Gasteiger partial charge in [0, 0.05) is 56.2 Å². The lowest BCUT2D eigenvalue weighted by molar-refractivity contribution is 0.0760. The second-order valence-corrected chi connectivity index (χ2v) is 9.14. The summed E-state index contributed by atoms with van der Waals surface area (Å²) in [4.78, 5) is 44.9. The van der Waals surface area contributed by atoms with Gasteiger partial charge >= 0.3 is 0 Å². The minimum atomic E-state index is -0.376. The average Bonchev–Trinajstić information content (AvgIpc) is 3.35. The zero-order valence-corrected chi connectivity index (χ0v) is 21.7. The smallest absolute Gasteiger partial charge is 0.291 e. The molecule has 2 heterocycles. The van der Waals surface area contributed by atoms with E-state index in [9.17, 15) is 14.4 Å². The first-order chi connectivity index (χ1) is 17.9. The SMILES string of the molecule is CCN(CC)C(=O)c1cc(NC(=O)c2ccco2)ccc1N1CCCN(C(=O)c2ccc(C)cc2)CC1. The van der Waals surface area contributed by atoms with Crippen molar-refractivity contribution in [3.05, 3.63) is 83.3 Å². The summed E-state index contributed by atoms with van der Waals surface area (Å²) in [5.41, 5.74) is 3.66. The van der Waals surface area contributed by atoms with Gasteiger partial charge in [-0.2, -0.15) is 0 Å². The van der Waals surface area contributed by atoms with Gasteiger partial charge in [-0.1, -0.05) is 17.7 Å². The zero-order chi connectivity index (χ0) is 26.4. The van der Waals surface area contributed by atoms with Crippen molar-refractivity contribution >= 4 is 29.1 Å². The number of benzene rings is 2. The summed E-state index contributed by atoms with van der Waals surface area (Å²) in [6, 6.07) is 16.3. The van der Waals surface area contributed by atoms with Gasteiger partial charge in [0.1, 0.15) is 0 Å². The van der Waals surface area contributed by atoms with Gasteiger partial charge in [-0.25, -0.2) is 0 Å². The molecule has 37 heavy (non-hydrogen) atoms. The minimum Gasteiger partial charge on any atom is -0.459 e. The summed E-state index contributed by atoms with van der Waals surface area (Å²) in [6.45, 7) is 9.59. The van der Waals surface area contributed by atoms with Crippen molar-refractivity contribution in [1.82, 2.24) is 9.80 Å². The number of carbonyl (C=O) groups excluding carboxylic acids is 3. The summed E-state index contributed by atoms with van der Waals surface area (Å²) >= 11 is 0. The van der Waals surface area contributed by atoms with Gasteiger partial charge in [-0.05, 0) is 69.7 Å². The lowest BCUT2D eigenvalue weighted by atomic mass is 10.1. The van der Waals surface area contributed by atoms with E-state index in [-0.39, 0.29) is 23.5 Å². The molecule has 3 amide bonds. The number of anilines is 2. The van der Waals surface area contributed by atoms with Gasteiger partial charge in [-0.3, -0.25) is 14.4 Å². The maximum Gasteiger partial charge on any atom is 0.291 e. The van der Waals surface area contributed by atoms with Crippen LogP contribution in [-0.2, 0) is 0 Å². The summed E-state index contributed by atoms with van der Waals surface area (Å²) in [5.74, 6) is -0.242. The molecule has 0 bridgehead atoms. The van der Waals surface area contributed by atoms with Crippen molar-refractivity contribution in [2.45, 2.75) is 27.2 Å². The van der Waals surface area contributed by atoms with Crippen LogP contribution in [0.5, 0.6) is 0 Å². The number of nitrogens with one attached hydrogen (secondary N) is 1. The van der Waals surface area contributed by atoms with Crippen molar-refractivity contribution in [1.29, 1.82) is 0 Å². The Morgan fingerprint density at radius 2 is 1.70 bits per heavy atom. The third kappa shape index (κ3) is 6.02. The molecule has 8 nitrogen and oxygen atoms in total. The molecule has 2 aromatic carbocycles. The lowest BCUT2D eigenvalue weighted by Gasteiger charge is -2.28. The van der Waals surface area contributed by atoms with E-state index in [1.807, 2.05) is 56.0 Å². The standard InChI is InChI=1S/C29H34N4O4/c1-4-31(5-2)29(36)24-20-23(30-27(34)26-8-6-19-37-26)13-14-25(24)32-15-7-16-33(18-17-32)28(35)22-11-9-21(3)10-12-22/h6,8-14,19-20H,4-5,7,15-18H2,1-3H3,(H,30,34). The number of rotatable bonds is 7. The van der Waals surface area contributed by atoms with Gasteiger partial charge in [0.2, 0.25) is 0 Å². The quantitative estimate of drug-likeness (QED) is 0.507. The fourth-order valence-corrected chi connectivity index (χ4v) is 4.58. The third-order valence-electron chi connectivity index (χ3n) is 6.70. The Kier molecular flexibility index (Phi) is 8.28. The Morgan fingerprint density at radius 3 is 2.38 bits per heavy atom. The van der Waals surface area contributed by atoms with Crippen LogP contribution in [-0.4, -0.2) is 66.8 Å². The van der Waals surface area contributed by atoms with Crippen molar-refractivity contribution in [2.24, 2.45) is 0 Å². The first-order valence-electron chi connectivity index (χ1n) is 12.8. The Morgan fingerprint density at radius 1 is 0.946 bits per heavy atom. The predicted molar refractivity (Wildman–Crippen MR) is 144 cm³/mol. The summed E-state index contributed by atoms with van der Waals surface area (Å²) in [5, 5.41) is 2.83. The highest BCUT2D eigenvalue weighted by molar-refractivity contribution is 6.05. The second kappa shape index (κ2) is 11.8. The van der Waals surface area contributed by atoms with E-state index in [4.69, 9.17) is 4.42 Å². The van der Waals surface area contributed by atoms with Crippen LogP contribution >= 0.6 is 0 Å². The van der Waals surface area contributed by atoms with Gasteiger partial charge in [0.25, 0.3) is 17.7 Å². The van der Waals surface area contributed by atoms with Crippen molar-refractivity contribution in [3.8, 4) is 0 Å². The molecule has 4 rings (SSSR count). The number of furan rings is 1. The van der Waals surface area contributed by atoms with Crippen molar-refractivity contribution in [3.63, 3.8) is 0 Å². The Balaban J connectivity index is 1.57. The molecule has 0 saturated carbocycles. The molecule has 0 spiro atoms. The number of hydrogen-bond acceptors (Lipinski definition) is 5. The van der Waals surface area contributed by atoms with Gasteiger partial charge in [-0.15, -0.1) is 0 Å². The van der Waals surface area contributed by atoms with Gasteiger partial charge in [0.05, 0.1) is 11.8 Å². The Labute approximate surface area is 217 Å². The molecular weight excluding hydrogens is 468 g/mol. The monoisotopic (exact) mass is 502 g/mol. The largest absolute Gasteiger partial charge is 0.459 e. The first kappa shape index (κ1) is 26.0. The number of aryl methyl sites for hydroxylation is 1. The van der Waals surface area contributed by atoms with Crippen molar-refractivity contribution in [2.75, 3.05) is 49.5 Å². The molecular formula is C29H34N4O4. The summed E-state index contributed by atoms with van der Waals surface area (Å²) < 4.78 is 5.19. The molecule has 194 valence electrons. The fourth-order valence-electron chi connectivity index (χ4n) is 4.58. The summed E-state index contributed by atoms with van der Waals surface area (Å²) in [7, 11) is 0. The van der Waals surface area contributed by atoms with E-state index in [0.29, 0.717) is 56.1 Å². The van der Waals surface area contributed by atoms with E-state index < -0.39 is 0 Å².